The van der Waals surface area contributed by atoms with E-state index >= 15 is 0 Å². The number of carboxylic acid groups (broad SMARTS) is 1. The summed E-state index contributed by atoms with van der Waals surface area (Å²) in [4.78, 5) is 31.7. The van der Waals surface area contributed by atoms with Crippen molar-refractivity contribution in [1.82, 2.24) is 25.1 Å². The second kappa shape index (κ2) is 8.98. The van der Waals surface area contributed by atoms with Gasteiger partial charge in [0, 0.05) is 42.8 Å². The van der Waals surface area contributed by atoms with Crippen molar-refractivity contribution < 1.29 is 27.9 Å². The second-order valence-corrected chi connectivity index (χ2v) is 6.80. The maximum Gasteiger partial charge on any atom is 0.490 e. The Morgan fingerprint density at radius 3 is 2.45 bits per heavy atom. The Hall–Kier alpha value is -3.70. The number of halogens is 3. The lowest BCUT2D eigenvalue weighted by atomic mass is 10.1. The summed E-state index contributed by atoms with van der Waals surface area (Å²) >= 11 is 0. The average Bonchev–Trinajstić information content (AvgIpc) is 3.00. The average molecular weight is 436 g/mol. The first-order valence-corrected chi connectivity index (χ1v) is 9.17. The summed E-state index contributed by atoms with van der Waals surface area (Å²) in [5.74, 6) is -2.79. The number of nitrogens with zero attached hydrogens (tertiary/aromatic N) is 5. The zero-order valence-corrected chi connectivity index (χ0v) is 16.4. The fourth-order valence-electron chi connectivity index (χ4n) is 3.02. The minimum absolute atomic E-state index is 0.0376. The molecule has 0 saturated carbocycles. The molecule has 1 amide bonds. The van der Waals surface area contributed by atoms with E-state index in [0.717, 1.165) is 35.5 Å². The van der Waals surface area contributed by atoms with Crippen molar-refractivity contribution in [1.29, 1.82) is 0 Å². The molecule has 0 spiro atoms. The highest BCUT2D eigenvalue weighted by Gasteiger charge is 2.38. The molecule has 12 heteroatoms. The monoisotopic (exact) mass is 436 g/mol. The molecule has 0 aliphatic carbocycles. The van der Waals surface area contributed by atoms with Gasteiger partial charge in [0.25, 0.3) is 0 Å². The second-order valence-electron chi connectivity index (χ2n) is 6.80. The van der Waals surface area contributed by atoms with Gasteiger partial charge < -0.3 is 15.3 Å². The van der Waals surface area contributed by atoms with Gasteiger partial charge in [0.2, 0.25) is 5.91 Å². The molecule has 2 N–H and O–H groups in total. The first kappa shape index (κ1) is 22.0. The number of fused-ring (bicyclic) bond motifs is 1. The van der Waals surface area contributed by atoms with Crippen LogP contribution in [0.15, 0.2) is 42.9 Å². The molecule has 0 unspecified atom stereocenters. The van der Waals surface area contributed by atoms with Crippen molar-refractivity contribution in [2.45, 2.75) is 25.7 Å². The summed E-state index contributed by atoms with van der Waals surface area (Å²) in [5.41, 5.74) is 2.77. The van der Waals surface area contributed by atoms with Crippen LogP contribution in [0, 0.1) is 6.92 Å². The predicted molar refractivity (Wildman–Crippen MR) is 104 cm³/mol. The van der Waals surface area contributed by atoms with Crippen LogP contribution in [0.25, 0.3) is 11.0 Å². The lowest BCUT2D eigenvalue weighted by molar-refractivity contribution is -0.192. The van der Waals surface area contributed by atoms with E-state index in [2.05, 4.69) is 25.3 Å². The molecule has 4 rings (SSSR count). The third-order valence-corrected chi connectivity index (χ3v) is 4.50. The quantitative estimate of drug-likeness (QED) is 0.641. The smallest absolute Gasteiger partial charge is 0.475 e. The van der Waals surface area contributed by atoms with Gasteiger partial charge in [-0.3, -0.25) is 9.78 Å². The van der Waals surface area contributed by atoms with Gasteiger partial charge in [0.05, 0.1) is 11.7 Å². The van der Waals surface area contributed by atoms with Crippen LogP contribution < -0.4 is 10.2 Å². The van der Waals surface area contributed by atoms with Gasteiger partial charge in [0.1, 0.15) is 6.54 Å². The maximum atomic E-state index is 12.3. The van der Waals surface area contributed by atoms with Crippen molar-refractivity contribution in [2.75, 3.05) is 18.0 Å². The highest BCUT2D eigenvalue weighted by atomic mass is 19.4. The van der Waals surface area contributed by atoms with Gasteiger partial charge in [-0.1, -0.05) is 0 Å². The maximum absolute atomic E-state index is 12.3. The van der Waals surface area contributed by atoms with Crippen molar-refractivity contribution in [3.05, 3.63) is 48.5 Å². The van der Waals surface area contributed by atoms with Gasteiger partial charge >= 0.3 is 12.1 Å². The fraction of sp³-hybridized carbons (Fsp3) is 0.316. The van der Waals surface area contributed by atoms with Gasteiger partial charge in [-0.05, 0) is 31.2 Å². The van der Waals surface area contributed by atoms with Crippen molar-refractivity contribution >= 4 is 28.6 Å². The number of carboxylic acids is 1. The van der Waals surface area contributed by atoms with Gasteiger partial charge in [-0.2, -0.15) is 18.3 Å². The van der Waals surface area contributed by atoms with E-state index in [0.29, 0.717) is 0 Å². The zero-order valence-electron chi connectivity index (χ0n) is 16.4. The van der Waals surface area contributed by atoms with Crippen molar-refractivity contribution in [2.24, 2.45) is 0 Å². The lowest BCUT2D eigenvalue weighted by Crippen LogP contribution is -2.59. The first-order valence-electron chi connectivity index (χ1n) is 9.17. The topological polar surface area (TPSA) is 113 Å². The minimum Gasteiger partial charge on any atom is -0.475 e. The molecule has 31 heavy (non-hydrogen) atoms. The van der Waals surface area contributed by atoms with Crippen molar-refractivity contribution in [3.8, 4) is 0 Å². The molecule has 1 fully saturated rings. The van der Waals surface area contributed by atoms with Crippen LogP contribution in [0.4, 0.5) is 18.9 Å². The summed E-state index contributed by atoms with van der Waals surface area (Å²) in [6.45, 7) is 3.74. The standard InChI is InChI=1S/C17H18N6O.C2HF3O2/c1-12-15-3-2-6-19-17(15)23(21-12)11-16(24)20-13-9-22(10-13)14-4-7-18-8-5-14;3-2(4,5)1(6)7/h2-8,13H,9-11H2,1H3,(H,20,24);(H,6,7). The highest BCUT2D eigenvalue weighted by molar-refractivity contribution is 5.81. The van der Waals surface area contributed by atoms with E-state index in [1.54, 1.807) is 23.3 Å². The van der Waals surface area contributed by atoms with Crippen LogP contribution in [0.5, 0.6) is 0 Å². The summed E-state index contributed by atoms with van der Waals surface area (Å²) in [7, 11) is 0. The zero-order chi connectivity index (χ0) is 22.6. The normalized spacial score (nSPS) is 13.9. The third-order valence-electron chi connectivity index (χ3n) is 4.50. The number of rotatable bonds is 4. The molecular weight excluding hydrogens is 417 g/mol. The van der Waals surface area contributed by atoms with Crippen LogP contribution >= 0.6 is 0 Å². The van der Waals surface area contributed by atoms with Gasteiger partial charge in [0.15, 0.2) is 5.65 Å². The van der Waals surface area contributed by atoms with Crippen LogP contribution in [0.3, 0.4) is 0 Å². The van der Waals surface area contributed by atoms with Gasteiger partial charge in [-0.15, -0.1) is 0 Å². The molecule has 0 bridgehead atoms. The van der Waals surface area contributed by atoms with E-state index in [9.17, 15) is 18.0 Å². The number of carbonyl (C=O) groups is 2. The molecule has 0 radical (unpaired) electrons. The number of hydrogen-bond donors (Lipinski definition) is 2. The van der Waals surface area contributed by atoms with Crippen LogP contribution in [0.1, 0.15) is 5.69 Å². The number of aliphatic carboxylic acids is 1. The van der Waals surface area contributed by atoms with Crippen LogP contribution in [-0.2, 0) is 16.1 Å². The fourth-order valence-corrected chi connectivity index (χ4v) is 3.02. The molecule has 1 aliphatic heterocycles. The predicted octanol–water partition coefficient (Wildman–Crippen LogP) is 1.77. The number of pyridine rings is 2. The third kappa shape index (κ3) is 5.47. The number of amides is 1. The molecule has 4 heterocycles. The molecular formula is C19H19F3N6O3. The lowest BCUT2D eigenvalue weighted by Gasteiger charge is -2.41. The van der Waals surface area contributed by atoms with E-state index in [1.807, 2.05) is 31.2 Å². The van der Waals surface area contributed by atoms with Crippen molar-refractivity contribution in [3.63, 3.8) is 0 Å². The molecule has 164 valence electrons. The molecule has 1 saturated heterocycles. The molecule has 1 aliphatic rings. The van der Waals surface area contributed by atoms with Crippen LogP contribution in [0.2, 0.25) is 0 Å². The number of aromatic nitrogens is 4. The number of alkyl halides is 3. The molecule has 0 atom stereocenters. The summed E-state index contributed by atoms with van der Waals surface area (Å²) in [5, 5.41) is 15.6. The Kier molecular flexibility index (Phi) is 6.37. The van der Waals surface area contributed by atoms with E-state index in [1.165, 1.54) is 0 Å². The Labute approximate surface area is 174 Å². The number of aryl methyl sites for hydroxylation is 1. The highest BCUT2D eigenvalue weighted by Crippen LogP contribution is 2.19. The SMILES string of the molecule is Cc1nn(CC(=O)NC2CN(c3ccncc3)C2)c2ncccc12.O=C(O)C(F)(F)F. The van der Waals surface area contributed by atoms with Gasteiger partial charge in [-0.25, -0.2) is 14.5 Å². The number of nitrogens with one attached hydrogen (secondary N) is 1. The van der Waals surface area contributed by atoms with Crippen LogP contribution in [-0.4, -0.2) is 62.0 Å². The molecule has 9 nitrogen and oxygen atoms in total. The van der Waals surface area contributed by atoms with E-state index in [-0.39, 0.29) is 18.5 Å². The molecule has 3 aromatic rings. The molecule has 0 aromatic carbocycles. The largest absolute Gasteiger partial charge is 0.490 e. The van der Waals surface area contributed by atoms with E-state index in [4.69, 9.17) is 9.90 Å². The Morgan fingerprint density at radius 1 is 1.19 bits per heavy atom. The van der Waals surface area contributed by atoms with E-state index < -0.39 is 12.1 Å². The summed E-state index contributed by atoms with van der Waals surface area (Å²) in [6, 6.07) is 7.97. The number of hydrogen-bond acceptors (Lipinski definition) is 6. The Bertz CT molecular complexity index is 1060. The summed E-state index contributed by atoms with van der Waals surface area (Å²) in [6.07, 6.45) is 0.190. The number of anilines is 1. The Balaban J connectivity index is 0.000000339. The molecule has 3 aromatic heterocycles. The number of carbonyl (C=O) groups excluding carboxylic acids is 1. The first-order chi connectivity index (χ1) is 14.6. The summed E-state index contributed by atoms with van der Waals surface area (Å²) < 4.78 is 33.4. The Morgan fingerprint density at radius 2 is 1.84 bits per heavy atom. The minimum atomic E-state index is -5.08.